The Balaban J connectivity index is 1.30. The van der Waals surface area contributed by atoms with Gasteiger partial charge in [-0.2, -0.15) is 0 Å². The number of carbonyl (C=O) groups is 1. The van der Waals surface area contributed by atoms with Crippen LogP contribution in [0, 0.1) is 6.92 Å². The molecule has 5 heteroatoms. The molecule has 28 heavy (non-hydrogen) atoms. The summed E-state index contributed by atoms with van der Waals surface area (Å²) in [6.45, 7) is 5.23. The molecule has 1 fully saturated rings. The predicted molar refractivity (Wildman–Crippen MR) is 114 cm³/mol. The summed E-state index contributed by atoms with van der Waals surface area (Å²) in [5.41, 5.74) is 5.17. The van der Waals surface area contributed by atoms with E-state index in [1.54, 1.807) is 0 Å². The van der Waals surface area contributed by atoms with Crippen molar-refractivity contribution in [3.05, 3.63) is 58.1 Å². The van der Waals surface area contributed by atoms with E-state index in [-0.39, 0.29) is 12.5 Å². The van der Waals surface area contributed by atoms with Gasteiger partial charge in [-0.3, -0.25) is 4.79 Å². The molecule has 0 spiro atoms. The van der Waals surface area contributed by atoms with Gasteiger partial charge in [0.05, 0.1) is 0 Å². The number of benzene rings is 2. The standard InChI is InChI=1S/C23H27ClN2O2/c1-17-6-8-20(24)15-22(17)25-10-12-26(13-11-25)23(27)16-28-21-9-7-18-4-2-3-5-19(18)14-21/h6-9,14-15H,2-5,10-13,16H2,1H3. The number of aryl methyl sites for hydroxylation is 3. The molecule has 1 aliphatic heterocycles. The van der Waals surface area contributed by atoms with Crippen LogP contribution in [0.1, 0.15) is 29.5 Å². The molecule has 4 nitrogen and oxygen atoms in total. The third kappa shape index (κ3) is 4.27. The monoisotopic (exact) mass is 398 g/mol. The number of amides is 1. The number of hydrogen-bond acceptors (Lipinski definition) is 3. The summed E-state index contributed by atoms with van der Waals surface area (Å²) in [4.78, 5) is 16.8. The van der Waals surface area contributed by atoms with Crippen LogP contribution >= 0.6 is 11.6 Å². The van der Waals surface area contributed by atoms with Crippen molar-refractivity contribution >= 4 is 23.2 Å². The van der Waals surface area contributed by atoms with Crippen LogP contribution in [0.4, 0.5) is 5.69 Å². The molecule has 0 saturated carbocycles. The average molecular weight is 399 g/mol. The van der Waals surface area contributed by atoms with Crippen molar-refractivity contribution in [3.8, 4) is 5.75 Å². The van der Waals surface area contributed by atoms with Gasteiger partial charge in [-0.25, -0.2) is 0 Å². The summed E-state index contributed by atoms with van der Waals surface area (Å²) >= 11 is 6.15. The van der Waals surface area contributed by atoms with Crippen molar-refractivity contribution in [1.82, 2.24) is 4.90 Å². The second kappa shape index (κ2) is 8.44. The number of anilines is 1. The highest BCUT2D eigenvalue weighted by molar-refractivity contribution is 6.30. The lowest BCUT2D eigenvalue weighted by Gasteiger charge is -2.36. The van der Waals surface area contributed by atoms with E-state index in [1.807, 2.05) is 29.2 Å². The van der Waals surface area contributed by atoms with Gasteiger partial charge >= 0.3 is 0 Å². The normalized spacial score (nSPS) is 16.6. The molecule has 0 N–H and O–H groups in total. The molecule has 1 aliphatic carbocycles. The number of ether oxygens (including phenoxy) is 1. The Morgan fingerprint density at radius 3 is 2.54 bits per heavy atom. The fourth-order valence-electron chi connectivity index (χ4n) is 4.16. The number of hydrogen-bond donors (Lipinski definition) is 0. The van der Waals surface area contributed by atoms with Crippen molar-refractivity contribution in [2.75, 3.05) is 37.7 Å². The molecule has 2 aliphatic rings. The molecular formula is C23H27ClN2O2. The SMILES string of the molecule is Cc1ccc(Cl)cc1N1CCN(C(=O)COc2ccc3c(c2)CCCC3)CC1. The Bertz CT molecular complexity index is 860. The van der Waals surface area contributed by atoms with Crippen molar-refractivity contribution < 1.29 is 9.53 Å². The molecule has 0 aromatic heterocycles. The number of rotatable bonds is 4. The third-order valence-corrected chi connectivity index (χ3v) is 6.06. The van der Waals surface area contributed by atoms with Crippen LogP contribution in [0.2, 0.25) is 5.02 Å². The van der Waals surface area contributed by atoms with E-state index in [4.69, 9.17) is 16.3 Å². The Kier molecular flexibility index (Phi) is 5.77. The second-order valence-corrected chi connectivity index (χ2v) is 8.16. The van der Waals surface area contributed by atoms with Gasteiger partial charge in [0, 0.05) is 36.9 Å². The number of carbonyl (C=O) groups excluding carboxylic acids is 1. The van der Waals surface area contributed by atoms with Gasteiger partial charge in [-0.1, -0.05) is 23.7 Å². The molecule has 0 atom stereocenters. The van der Waals surface area contributed by atoms with Crippen LogP contribution in [0.25, 0.3) is 0 Å². The van der Waals surface area contributed by atoms with Crippen LogP contribution in [0.3, 0.4) is 0 Å². The largest absolute Gasteiger partial charge is 0.484 e. The first-order valence-corrected chi connectivity index (χ1v) is 10.5. The molecule has 2 aromatic carbocycles. The maximum absolute atomic E-state index is 12.6. The van der Waals surface area contributed by atoms with E-state index in [1.165, 1.54) is 29.5 Å². The summed E-state index contributed by atoms with van der Waals surface area (Å²) in [6, 6.07) is 12.2. The number of piperazine rings is 1. The summed E-state index contributed by atoms with van der Waals surface area (Å²) < 4.78 is 5.81. The predicted octanol–water partition coefficient (Wildman–Crippen LogP) is 4.25. The Labute approximate surface area is 172 Å². The van der Waals surface area contributed by atoms with E-state index in [9.17, 15) is 4.79 Å². The number of fused-ring (bicyclic) bond motifs is 1. The highest BCUT2D eigenvalue weighted by atomic mass is 35.5. The van der Waals surface area contributed by atoms with Crippen LogP contribution in [-0.4, -0.2) is 43.6 Å². The average Bonchev–Trinajstić information content (AvgIpc) is 2.73. The first kappa shape index (κ1) is 19.1. The van der Waals surface area contributed by atoms with E-state index < -0.39 is 0 Å². The molecule has 2 aromatic rings. The Hall–Kier alpha value is -2.20. The minimum Gasteiger partial charge on any atom is -0.484 e. The molecule has 1 saturated heterocycles. The fraction of sp³-hybridized carbons (Fsp3) is 0.435. The van der Waals surface area contributed by atoms with Gasteiger partial charge in [-0.05, 0) is 73.6 Å². The summed E-state index contributed by atoms with van der Waals surface area (Å²) in [5.74, 6) is 0.863. The van der Waals surface area contributed by atoms with Crippen LogP contribution in [0.15, 0.2) is 36.4 Å². The summed E-state index contributed by atoms with van der Waals surface area (Å²) in [6.07, 6.45) is 4.79. The van der Waals surface area contributed by atoms with Gasteiger partial charge in [0.2, 0.25) is 0 Å². The molecule has 4 rings (SSSR count). The van der Waals surface area contributed by atoms with E-state index >= 15 is 0 Å². The third-order valence-electron chi connectivity index (χ3n) is 5.83. The zero-order valence-corrected chi connectivity index (χ0v) is 17.2. The van der Waals surface area contributed by atoms with Crippen LogP contribution < -0.4 is 9.64 Å². The van der Waals surface area contributed by atoms with Crippen molar-refractivity contribution in [2.24, 2.45) is 0 Å². The Morgan fingerprint density at radius 1 is 1.00 bits per heavy atom. The van der Waals surface area contributed by atoms with E-state index in [0.717, 1.165) is 42.4 Å². The summed E-state index contributed by atoms with van der Waals surface area (Å²) in [7, 11) is 0. The smallest absolute Gasteiger partial charge is 0.260 e. The molecule has 0 bridgehead atoms. The topological polar surface area (TPSA) is 32.8 Å². The lowest BCUT2D eigenvalue weighted by Crippen LogP contribution is -2.50. The maximum atomic E-state index is 12.6. The highest BCUT2D eigenvalue weighted by Gasteiger charge is 2.22. The van der Waals surface area contributed by atoms with Crippen molar-refractivity contribution in [2.45, 2.75) is 32.6 Å². The van der Waals surface area contributed by atoms with Crippen LogP contribution in [0.5, 0.6) is 5.75 Å². The quantitative estimate of drug-likeness (QED) is 0.771. The van der Waals surface area contributed by atoms with Crippen LogP contribution in [-0.2, 0) is 17.6 Å². The van der Waals surface area contributed by atoms with Gasteiger partial charge in [0.1, 0.15) is 5.75 Å². The molecule has 0 radical (unpaired) electrons. The number of halogens is 1. The van der Waals surface area contributed by atoms with Gasteiger partial charge in [0.15, 0.2) is 6.61 Å². The minimum atomic E-state index is 0.0557. The molecule has 0 unspecified atom stereocenters. The van der Waals surface area contributed by atoms with Crippen molar-refractivity contribution in [3.63, 3.8) is 0 Å². The minimum absolute atomic E-state index is 0.0557. The number of nitrogens with zero attached hydrogens (tertiary/aromatic N) is 2. The maximum Gasteiger partial charge on any atom is 0.260 e. The molecular weight excluding hydrogens is 372 g/mol. The van der Waals surface area contributed by atoms with E-state index in [0.29, 0.717) is 13.1 Å². The van der Waals surface area contributed by atoms with Gasteiger partial charge < -0.3 is 14.5 Å². The molecule has 1 heterocycles. The zero-order valence-electron chi connectivity index (χ0n) is 16.4. The van der Waals surface area contributed by atoms with Gasteiger partial charge in [0.25, 0.3) is 5.91 Å². The van der Waals surface area contributed by atoms with Crippen molar-refractivity contribution in [1.29, 1.82) is 0 Å². The Morgan fingerprint density at radius 2 is 1.75 bits per heavy atom. The molecule has 148 valence electrons. The fourth-order valence-corrected chi connectivity index (χ4v) is 4.32. The van der Waals surface area contributed by atoms with Gasteiger partial charge in [-0.15, -0.1) is 0 Å². The lowest BCUT2D eigenvalue weighted by atomic mass is 9.92. The lowest BCUT2D eigenvalue weighted by molar-refractivity contribution is -0.133. The highest BCUT2D eigenvalue weighted by Crippen LogP contribution is 2.26. The van der Waals surface area contributed by atoms with E-state index in [2.05, 4.69) is 24.0 Å². The first-order chi connectivity index (χ1) is 13.6. The summed E-state index contributed by atoms with van der Waals surface area (Å²) in [5, 5.41) is 0.748. The first-order valence-electron chi connectivity index (χ1n) is 10.1. The molecule has 1 amide bonds. The zero-order chi connectivity index (χ0) is 19.5. The second-order valence-electron chi connectivity index (χ2n) is 7.72.